The molecule has 1 N–H and O–H groups in total. The highest BCUT2D eigenvalue weighted by molar-refractivity contribution is 5.83. The molecule has 0 aromatic heterocycles. The normalized spacial score (nSPS) is 18.2. The van der Waals surface area contributed by atoms with E-state index in [0.29, 0.717) is 12.5 Å². The number of hydrogen-bond donors (Lipinski definition) is 1. The Labute approximate surface area is 115 Å². The van der Waals surface area contributed by atoms with Crippen molar-refractivity contribution in [1.29, 1.82) is 0 Å². The lowest BCUT2D eigenvalue weighted by atomic mass is 9.93. The maximum atomic E-state index is 11.7. The van der Waals surface area contributed by atoms with Gasteiger partial charge in [-0.3, -0.25) is 4.79 Å². The Bertz CT molecular complexity index is 416. The summed E-state index contributed by atoms with van der Waals surface area (Å²) in [5, 5.41) is 3.28. The van der Waals surface area contributed by atoms with Crippen LogP contribution in [-0.2, 0) is 4.79 Å². The molecule has 2 rings (SSSR count). The Hall–Kier alpha value is -1.61. The summed E-state index contributed by atoms with van der Waals surface area (Å²) in [4.78, 5) is 13.7. The topological polar surface area (TPSA) is 32.3 Å². The number of β-lactam (4-membered cyclic amide) rings is 1. The second-order valence-corrected chi connectivity index (χ2v) is 4.92. The molecule has 1 fully saturated rings. The molecule has 0 radical (unpaired) electrons. The number of amides is 1. The molecule has 19 heavy (non-hydrogen) atoms. The smallest absolute Gasteiger partial charge is 0.225 e. The van der Waals surface area contributed by atoms with Gasteiger partial charge in [-0.1, -0.05) is 36.4 Å². The van der Waals surface area contributed by atoms with Crippen molar-refractivity contribution < 1.29 is 4.79 Å². The zero-order valence-electron chi connectivity index (χ0n) is 11.3. The van der Waals surface area contributed by atoms with E-state index in [1.54, 1.807) is 0 Å². The first-order valence-electron chi connectivity index (χ1n) is 6.99. The van der Waals surface area contributed by atoms with Crippen molar-refractivity contribution in [2.75, 3.05) is 19.6 Å². The number of nitrogens with zero attached hydrogens (tertiary/aromatic N) is 1. The first-order chi connectivity index (χ1) is 9.33. The lowest BCUT2D eigenvalue weighted by molar-refractivity contribution is -0.146. The molecular formula is C16H22N2O. The largest absolute Gasteiger partial charge is 0.335 e. The number of benzene rings is 1. The van der Waals surface area contributed by atoms with Gasteiger partial charge in [-0.25, -0.2) is 0 Å². The van der Waals surface area contributed by atoms with E-state index < -0.39 is 0 Å². The Morgan fingerprint density at radius 3 is 2.79 bits per heavy atom. The van der Waals surface area contributed by atoms with Crippen molar-refractivity contribution in [3.63, 3.8) is 0 Å². The lowest BCUT2D eigenvalue weighted by Gasteiger charge is -2.41. The summed E-state index contributed by atoms with van der Waals surface area (Å²) in [5.74, 6) is 0.285. The monoisotopic (exact) mass is 258 g/mol. The van der Waals surface area contributed by atoms with Crippen LogP contribution in [0.2, 0.25) is 0 Å². The van der Waals surface area contributed by atoms with Gasteiger partial charge in [0.15, 0.2) is 0 Å². The molecule has 1 heterocycles. The zero-order chi connectivity index (χ0) is 13.5. The van der Waals surface area contributed by atoms with E-state index in [1.165, 1.54) is 5.56 Å². The SMILES string of the molecule is C=CCNCCCCN1C(=O)CC1c1ccccc1. The Morgan fingerprint density at radius 1 is 1.32 bits per heavy atom. The minimum atomic E-state index is 0.285. The van der Waals surface area contributed by atoms with E-state index in [4.69, 9.17) is 0 Å². The van der Waals surface area contributed by atoms with Crippen molar-refractivity contribution in [3.8, 4) is 0 Å². The van der Waals surface area contributed by atoms with Crippen LogP contribution in [0.15, 0.2) is 43.0 Å². The van der Waals surface area contributed by atoms with Gasteiger partial charge in [0.2, 0.25) is 5.91 Å². The van der Waals surface area contributed by atoms with Crippen LogP contribution in [0.25, 0.3) is 0 Å². The molecule has 1 unspecified atom stereocenters. The lowest BCUT2D eigenvalue weighted by Crippen LogP contribution is -2.46. The second-order valence-electron chi connectivity index (χ2n) is 4.92. The molecule has 1 amide bonds. The molecule has 0 bridgehead atoms. The van der Waals surface area contributed by atoms with Crippen LogP contribution in [-0.4, -0.2) is 30.4 Å². The average Bonchev–Trinajstić information content (AvgIpc) is 2.44. The first kappa shape index (κ1) is 13.8. The van der Waals surface area contributed by atoms with Crippen LogP contribution in [0.1, 0.15) is 30.9 Å². The number of unbranched alkanes of at least 4 members (excludes halogenated alkanes) is 1. The Kier molecular flexibility index (Phi) is 5.16. The average molecular weight is 258 g/mol. The molecule has 1 aliphatic heterocycles. The van der Waals surface area contributed by atoms with Gasteiger partial charge in [0.1, 0.15) is 0 Å². The van der Waals surface area contributed by atoms with Gasteiger partial charge in [0.25, 0.3) is 0 Å². The van der Waals surface area contributed by atoms with Gasteiger partial charge in [0.05, 0.1) is 12.5 Å². The van der Waals surface area contributed by atoms with Gasteiger partial charge in [-0.2, -0.15) is 0 Å². The van der Waals surface area contributed by atoms with Gasteiger partial charge in [-0.15, -0.1) is 6.58 Å². The predicted molar refractivity (Wildman–Crippen MR) is 77.8 cm³/mol. The molecule has 1 aliphatic rings. The van der Waals surface area contributed by atoms with Crippen molar-refractivity contribution in [1.82, 2.24) is 10.2 Å². The summed E-state index contributed by atoms with van der Waals surface area (Å²) in [5.41, 5.74) is 1.26. The van der Waals surface area contributed by atoms with Gasteiger partial charge in [0, 0.05) is 13.1 Å². The number of rotatable bonds is 8. The molecule has 0 saturated carbocycles. The number of likely N-dealkylation sites (tertiary alicyclic amines) is 1. The minimum Gasteiger partial charge on any atom is -0.335 e. The van der Waals surface area contributed by atoms with Crippen LogP contribution in [0, 0.1) is 0 Å². The maximum Gasteiger partial charge on any atom is 0.225 e. The Morgan fingerprint density at radius 2 is 2.11 bits per heavy atom. The van der Waals surface area contributed by atoms with Crippen molar-refractivity contribution in [2.24, 2.45) is 0 Å². The highest BCUT2D eigenvalue weighted by Gasteiger charge is 2.36. The third-order valence-electron chi connectivity index (χ3n) is 3.54. The summed E-state index contributed by atoms with van der Waals surface area (Å²) in [6.07, 6.45) is 4.68. The van der Waals surface area contributed by atoms with E-state index in [2.05, 4.69) is 24.0 Å². The highest BCUT2D eigenvalue weighted by atomic mass is 16.2. The van der Waals surface area contributed by atoms with Gasteiger partial charge < -0.3 is 10.2 Å². The second kappa shape index (κ2) is 7.10. The summed E-state index contributed by atoms with van der Waals surface area (Å²) in [7, 11) is 0. The summed E-state index contributed by atoms with van der Waals surface area (Å²) in [6.45, 7) is 6.38. The van der Waals surface area contributed by atoms with E-state index in [1.807, 2.05) is 29.2 Å². The van der Waals surface area contributed by atoms with Gasteiger partial charge in [-0.05, 0) is 24.9 Å². The van der Waals surface area contributed by atoms with E-state index >= 15 is 0 Å². The van der Waals surface area contributed by atoms with E-state index in [9.17, 15) is 4.79 Å². The molecule has 102 valence electrons. The molecule has 1 aromatic carbocycles. The molecule has 1 saturated heterocycles. The molecular weight excluding hydrogens is 236 g/mol. The zero-order valence-corrected chi connectivity index (χ0v) is 11.3. The molecule has 0 spiro atoms. The summed E-state index contributed by atoms with van der Waals surface area (Å²) < 4.78 is 0. The van der Waals surface area contributed by atoms with Crippen LogP contribution in [0.4, 0.5) is 0 Å². The molecule has 0 aliphatic carbocycles. The van der Waals surface area contributed by atoms with Crippen molar-refractivity contribution in [2.45, 2.75) is 25.3 Å². The minimum absolute atomic E-state index is 0.285. The number of carbonyl (C=O) groups is 1. The fourth-order valence-corrected chi connectivity index (χ4v) is 2.44. The van der Waals surface area contributed by atoms with E-state index in [0.717, 1.165) is 32.5 Å². The molecule has 1 atom stereocenters. The van der Waals surface area contributed by atoms with Crippen molar-refractivity contribution in [3.05, 3.63) is 48.6 Å². The quantitative estimate of drug-likeness (QED) is 0.441. The maximum absolute atomic E-state index is 11.7. The number of nitrogens with one attached hydrogen (secondary N) is 1. The fourth-order valence-electron chi connectivity index (χ4n) is 2.44. The highest BCUT2D eigenvalue weighted by Crippen LogP contribution is 2.34. The standard InChI is InChI=1S/C16H22N2O/c1-2-10-17-11-6-7-12-18-15(13-16(18)19)14-8-4-3-5-9-14/h2-5,8-9,15,17H,1,6-7,10-13H2. The summed E-state index contributed by atoms with van der Waals surface area (Å²) in [6, 6.07) is 10.6. The van der Waals surface area contributed by atoms with Crippen LogP contribution >= 0.6 is 0 Å². The number of hydrogen-bond acceptors (Lipinski definition) is 2. The van der Waals surface area contributed by atoms with Crippen LogP contribution in [0.5, 0.6) is 0 Å². The first-order valence-corrected chi connectivity index (χ1v) is 6.99. The van der Waals surface area contributed by atoms with E-state index in [-0.39, 0.29) is 5.91 Å². The van der Waals surface area contributed by atoms with Crippen molar-refractivity contribution >= 4 is 5.91 Å². The van der Waals surface area contributed by atoms with Crippen LogP contribution in [0.3, 0.4) is 0 Å². The molecule has 3 nitrogen and oxygen atoms in total. The fraction of sp³-hybridized carbons (Fsp3) is 0.438. The molecule has 3 heteroatoms. The third kappa shape index (κ3) is 3.67. The third-order valence-corrected chi connectivity index (χ3v) is 3.54. The summed E-state index contributed by atoms with van der Waals surface area (Å²) >= 11 is 0. The number of carbonyl (C=O) groups excluding carboxylic acids is 1. The molecule has 1 aromatic rings. The van der Waals surface area contributed by atoms with Crippen LogP contribution < -0.4 is 5.32 Å². The Balaban J connectivity index is 1.73. The van der Waals surface area contributed by atoms with Gasteiger partial charge >= 0.3 is 0 Å². The predicted octanol–water partition coefficient (Wildman–Crippen LogP) is 2.52.